The summed E-state index contributed by atoms with van der Waals surface area (Å²) in [5.41, 5.74) is 2.39. The zero-order chi connectivity index (χ0) is 22.8. The van der Waals surface area contributed by atoms with Gasteiger partial charge in [-0.2, -0.15) is 4.98 Å². The number of carbonyl (C=O) groups excluding carboxylic acids is 2. The lowest BCUT2D eigenvalue weighted by molar-refractivity contribution is -0.115. The van der Waals surface area contributed by atoms with E-state index in [2.05, 4.69) is 15.3 Å². The number of rotatable bonds is 6. The summed E-state index contributed by atoms with van der Waals surface area (Å²) in [7, 11) is 0. The summed E-state index contributed by atoms with van der Waals surface area (Å²) in [5.74, 6) is -0.684. The number of aromatic nitrogens is 3. The van der Waals surface area contributed by atoms with E-state index in [0.717, 1.165) is 53.4 Å². The molecular formula is C22H24N4O4S2. The number of thioether (sulfide) groups is 1. The lowest BCUT2D eigenvalue weighted by Crippen LogP contribution is -2.25. The number of ether oxygens (including phenoxy) is 1. The third-order valence-electron chi connectivity index (χ3n) is 5.30. The van der Waals surface area contributed by atoms with Gasteiger partial charge in [0.25, 0.3) is 0 Å². The minimum atomic E-state index is -0.574. The summed E-state index contributed by atoms with van der Waals surface area (Å²) in [6.45, 7) is 5.63. The molecule has 1 N–H and O–H groups in total. The molecule has 0 bridgehead atoms. The number of hydrogen-bond acceptors (Lipinski definition) is 8. The molecule has 1 aliphatic rings. The van der Waals surface area contributed by atoms with Crippen molar-refractivity contribution in [3.63, 3.8) is 0 Å². The van der Waals surface area contributed by atoms with Crippen LogP contribution in [0.3, 0.4) is 0 Å². The SMILES string of the molecule is CCOC(=O)c1c(NC(=O)[C@@H](C)Sc2nc(=O)n3cccc(C)c3n2)sc2c1CCCC2. The van der Waals surface area contributed by atoms with Gasteiger partial charge in [0.15, 0.2) is 5.16 Å². The molecule has 8 nitrogen and oxygen atoms in total. The maximum absolute atomic E-state index is 13.0. The van der Waals surface area contributed by atoms with Gasteiger partial charge in [-0.25, -0.2) is 14.6 Å². The first-order valence-corrected chi connectivity index (χ1v) is 12.2. The van der Waals surface area contributed by atoms with Gasteiger partial charge in [-0.15, -0.1) is 11.3 Å². The van der Waals surface area contributed by atoms with Crippen LogP contribution in [0.5, 0.6) is 0 Å². The highest BCUT2D eigenvalue weighted by Gasteiger charge is 2.28. The van der Waals surface area contributed by atoms with E-state index in [1.807, 2.05) is 13.0 Å². The van der Waals surface area contributed by atoms with Gasteiger partial charge in [-0.05, 0) is 63.6 Å². The van der Waals surface area contributed by atoms with E-state index in [1.165, 1.54) is 15.7 Å². The Kier molecular flexibility index (Phi) is 6.61. The van der Waals surface area contributed by atoms with Crippen molar-refractivity contribution in [3.05, 3.63) is 50.4 Å². The molecule has 1 amide bonds. The fourth-order valence-electron chi connectivity index (χ4n) is 3.71. The van der Waals surface area contributed by atoms with Crippen LogP contribution in [-0.2, 0) is 22.4 Å². The van der Waals surface area contributed by atoms with Crippen LogP contribution in [0.4, 0.5) is 5.00 Å². The molecular weight excluding hydrogens is 448 g/mol. The smallest absolute Gasteiger partial charge is 0.355 e. The van der Waals surface area contributed by atoms with Gasteiger partial charge in [0.05, 0.1) is 17.4 Å². The molecule has 1 atom stereocenters. The zero-order valence-corrected chi connectivity index (χ0v) is 19.8. The predicted molar refractivity (Wildman–Crippen MR) is 125 cm³/mol. The molecule has 0 saturated heterocycles. The highest BCUT2D eigenvalue weighted by molar-refractivity contribution is 8.00. The lowest BCUT2D eigenvalue weighted by atomic mass is 9.95. The molecule has 0 aromatic carbocycles. The van der Waals surface area contributed by atoms with Crippen LogP contribution in [0.15, 0.2) is 28.3 Å². The Hall–Kier alpha value is -2.72. The fourth-order valence-corrected chi connectivity index (χ4v) is 5.74. The number of nitrogens with one attached hydrogen (secondary N) is 1. The second kappa shape index (κ2) is 9.41. The van der Waals surface area contributed by atoms with E-state index >= 15 is 0 Å². The summed E-state index contributed by atoms with van der Waals surface area (Å²) in [5, 5.41) is 3.10. The number of carbonyl (C=O) groups is 2. The van der Waals surface area contributed by atoms with Crippen LogP contribution in [0.2, 0.25) is 0 Å². The minimum Gasteiger partial charge on any atom is -0.462 e. The van der Waals surface area contributed by atoms with Gasteiger partial charge in [0.2, 0.25) is 5.91 Å². The van der Waals surface area contributed by atoms with Gasteiger partial charge >= 0.3 is 11.7 Å². The van der Waals surface area contributed by atoms with Crippen molar-refractivity contribution in [2.75, 3.05) is 11.9 Å². The van der Waals surface area contributed by atoms with Crippen LogP contribution in [0, 0.1) is 6.92 Å². The largest absolute Gasteiger partial charge is 0.462 e. The quantitative estimate of drug-likeness (QED) is 0.432. The molecule has 3 aromatic rings. The molecule has 0 unspecified atom stereocenters. The van der Waals surface area contributed by atoms with Crippen molar-refractivity contribution in [1.82, 2.24) is 14.4 Å². The van der Waals surface area contributed by atoms with Gasteiger partial charge in [-0.1, -0.05) is 17.8 Å². The van der Waals surface area contributed by atoms with E-state index in [4.69, 9.17) is 4.74 Å². The summed E-state index contributed by atoms with van der Waals surface area (Å²) >= 11 is 2.56. The minimum absolute atomic E-state index is 0.239. The fraction of sp³-hybridized carbons (Fsp3) is 0.409. The lowest BCUT2D eigenvalue weighted by Gasteiger charge is -2.13. The first-order chi connectivity index (χ1) is 15.4. The molecule has 168 valence electrons. The monoisotopic (exact) mass is 472 g/mol. The maximum Gasteiger partial charge on any atom is 0.355 e. The number of aryl methyl sites for hydroxylation is 2. The molecule has 0 radical (unpaired) electrons. The average Bonchev–Trinajstić information content (AvgIpc) is 3.12. The van der Waals surface area contributed by atoms with Gasteiger partial charge < -0.3 is 10.1 Å². The summed E-state index contributed by atoms with van der Waals surface area (Å²) < 4.78 is 6.63. The Morgan fingerprint density at radius 2 is 2.09 bits per heavy atom. The molecule has 3 heterocycles. The highest BCUT2D eigenvalue weighted by Crippen LogP contribution is 2.39. The number of amides is 1. The van der Waals surface area contributed by atoms with E-state index in [0.29, 0.717) is 16.2 Å². The predicted octanol–water partition coefficient (Wildman–Crippen LogP) is 3.63. The number of hydrogen-bond donors (Lipinski definition) is 1. The number of thiophene rings is 1. The molecule has 10 heteroatoms. The number of nitrogens with zero attached hydrogens (tertiary/aromatic N) is 3. The summed E-state index contributed by atoms with van der Waals surface area (Å²) in [6.07, 6.45) is 5.42. The van der Waals surface area contributed by atoms with E-state index < -0.39 is 16.9 Å². The normalized spacial score (nSPS) is 14.1. The van der Waals surface area contributed by atoms with Crippen LogP contribution >= 0.6 is 23.1 Å². The first kappa shape index (κ1) is 22.5. The van der Waals surface area contributed by atoms with E-state index in [9.17, 15) is 14.4 Å². The van der Waals surface area contributed by atoms with Crippen molar-refractivity contribution in [2.45, 2.75) is 56.9 Å². The van der Waals surface area contributed by atoms with Crippen molar-refractivity contribution in [2.24, 2.45) is 0 Å². The number of anilines is 1. The third-order valence-corrected chi connectivity index (χ3v) is 7.47. The molecule has 0 spiro atoms. The molecule has 0 aliphatic heterocycles. The number of fused-ring (bicyclic) bond motifs is 2. The van der Waals surface area contributed by atoms with E-state index in [1.54, 1.807) is 26.1 Å². The number of esters is 1. The first-order valence-electron chi connectivity index (χ1n) is 10.5. The van der Waals surface area contributed by atoms with Crippen LogP contribution in [0.25, 0.3) is 5.65 Å². The molecule has 4 rings (SSSR count). The van der Waals surface area contributed by atoms with Crippen LogP contribution in [0.1, 0.15) is 53.1 Å². The Morgan fingerprint density at radius 3 is 2.88 bits per heavy atom. The standard InChI is InChI=1S/C22H24N4O4S2/c1-4-30-20(28)16-14-9-5-6-10-15(14)32-19(16)24-18(27)13(3)31-21-23-17-12(2)8-7-11-26(17)22(29)25-21/h7-8,11,13H,4-6,9-10H2,1-3H3,(H,24,27)/t13-/m1/s1. The zero-order valence-electron chi connectivity index (χ0n) is 18.1. The summed E-state index contributed by atoms with van der Waals surface area (Å²) in [4.78, 5) is 47.5. The Labute approximate surface area is 193 Å². The molecule has 0 saturated carbocycles. The van der Waals surface area contributed by atoms with E-state index in [-0.39, 0.29) is 17.7 Å². The van der Waals surface area contributed by atoms with Crippen molar-refractivity contribution in [3.8, 4) is 0 Å². The Morgan fingerprint density at radius 1 is 1.31 bits per heavy atom. The highest BCUT2D eigenvalue weighted by atomic mass is 32.2. The third kappa shape index (κ3) is 4.42. The van der Waals surface area contributed by atoms with Gasteiger partial charge in [-0.3, -0.25) is 9.20 Å². The summed E-state index contributed by atoms with van der Waals surface area (Å²) in [6, 6.07) is 3.62. The average molecular weight is 473 g/mol. The second-order valence-electron chi connectivity index (χ2n) is 7.56. The Bertz CT molecular complexity index is 1250. The maximum atomic E-state index is 13.0. The molecule has 32 heavy (non-hydrogen) atoms. The van der Waals surface area contributed by atoms with Gasteiger partial charge in [0, 0.05) is 11.1 Å². The molecule has 0 fully saturated rings. The van der Waals surface area contributed by atoms with Gasteiger partial charge in [0.1, 0.15) is 10.6 Å². The van der Waals surface area contributed by atoms with Crippen molar-refractivity contribution in [1.29, 1.82) is 0 Å². The van der Waals surface area contributed by atoms with Crippen molar-refractivity contribution < 1.29 is 14.3 Å². The molecule has 3 aromatic heterocycles. The van der Waals surface area contributed by atoms with Crippen LogP contribution in [-0.4, -0.2) is 38.1 Å². The topological polar surface area (TPSA) is 103 Å². The number of pyridine rings is 1. The molecule has 1 aliphatic carbocycles. The van der Waals surface area contributed by atoms with Crippen molar-refractivity contribution >= 4 is 45.6 Å². The second-order valence-corrected chi connectivity index (χ2v) is 9.97. The Balaban J connectivity index is 1.56. The van der Waals surface area contributed by atoms with Crippen LogP contribution < -0.4 is 11.0 Å².